The average Bonchev–Trinajstić information content (AvgIpc) is 2.54. The highest BCUT2D eigenvalue weighted by Crippen LogP contribution is 2.10. The van der Waals surface area contributed by atoms with E-state index in [1.54, 1.807) is 31.2 Å². The topological polar surface area (TPSA) is 99.3 Å². The molecule has 0 saturated carbocycles. The first-order chi connectivity index (χ1) is 10.5. The Balaban J connectivity index is 1.95. The number of hydrogen-bond donors (Lipinski definition) is 3. The Bertz CT molecular complexity index is 562. The smallest absolute Gasteiger partial charge is 0.251 e. The molecule has 6 heteroatoms. The summed E-state index contributed by atoms with van der Waals surface area (Å²) in [6, 6.07) is 5.90. The Kier molecular flexibility index (Phi) is 5.14. The highest BCUT2D eigenvalue weighted by atomic mass is 16.2. The summed E-state index contributed by atoms with van der Waals surface area (Å²) in [6.45, 7) is 3.25. The number of benzene rings is 1. The van der Waals surface area contributed by atoms with Gasteiger partial charge in [-0.1, -0.05) is 12.1 Å². The molecule has 0 radical (unpaired) electrons. The number of nitrogens with one attached hydrogen (secondary N) is 2. The molecule has 1 saturated heterocycles. The minimum absolute atomic E-state index is 0.0339. The van der Waals surface area contributed by atoms with Crippen LogP contribution in [0.2, 0.25) is 0 Å². The van der Waals surface area contributed by atoms with Crippen LogP contribution in [0.4, 0.5) is 0 Å². The van der Waals surface area contributed by atoms with Crippen LogP contribution in [0.1, 0.15) is 42.1 Å². The average molecular weight is 302 g/mol. The van der Waals surface area contributed by atoms with Crippen molar-refractivity contribution in [2.24, 2.45) is 5.73 Å². The number of likely N-dealkylation sites (tertiary alicyclic amines) is 1. The summed E-state index contributed by atoms with van der Waals surface area (Å²) in [5, 5.41) is 10.0. The van der Waals surface area contributed by atoms with E-state index < -0.39 is 6.04 Å². The van der Waals surface area contributed by atoms with Gasteiger partial charge in [-0.15, -0.1) is 0 Å². The van der Waals surface area contributed by atoms with Gasteiger partial charge in [0, 0.05) is 24.2 Å². The van der Waals surface area contributed by atoms with Crippen LogP contribution in [0.3, 0.4) is 0 Å². The second kappa shape index (κ2) is 7.06. The lowest BCUT2D eigenvalue weighted by molar-refractivity contribution is -0.133. The van der Waals surface area contributed by atoms with Crippen LogP contribution >= 0.6 is 0 Å². The molecule has 118 valence electrons. The SMILES string of the molecule is CC(NC(=O)c1ccc(C(=N)N)cc1)C(=O)N1CCCCC1. The first kappa shape index (κ1) is 16.0. The maximum Gasteiger partial charge on any atom is 0.251 e. The van der Waals surface area contributed by atoms with Crippen LogP contribution in [0.25, 0.3) is 0 Å². The van der Waals surface area contributed by atoms with Crippen molar-refractivity contribution in [2.45, 2.75) is 32.2 Å². The van der Waals surface area contributed by atoms with E-state index in [1.165, 1.54) is 0 Å². The van der Waals surface area contributed by atoms with Gasteiger partial charge in [-0.25, -0.2) is 0 Å². The van der Waals surface area contributed by atoms with Crippen LogP contribution in [0.15, 0.2) is 24.3 Å². The monoisotopic (exact) mass is 302 g/mol. The lowest BCUT2D eigenvalue weighted by Crippen LogP contribution is -2.48. The zero-order valence-corrected chi connectivity index (χ0v) is 12.8. The predicted octanol–water partition coefficient (Wildman–Crippen LogP) is 1.10. The molecule has 22 heavy (non-hydrogen) atoms. The fraction of sp³-hybridized carbons (Fsp3) is 0.438. The first-order valence-electron chi connectivity index (χ1n) is 7.53. The minimum atomic E-state index is -0.543. The van der Waals surface area contributed by atoms with Crippen LogP contribution < -0.4 is 11.1 Å². The largest absolute Gasteiger partial charge is 0.384 e. The van der Waals surface area contributed by atoms with E-state index in [0.717, 1.165) is 32.4 Å². The third-order valence-electron chi connectivity index (χ3n) is 3.84. The summed E-state index contributed by atoms with van der Waals surface area (Å²) in [7, 11) is 0. The van der Waals surface area contributed by atoms with E-state index in [9.17, 15) is 9.59 Å². The molecule has 0 aliphatic carbocycles. The molecule has 1 aliphatic heterocycles. The van der Waals surface area contributed by atoms with Crippen LogP contribution in [-0.4, -0.2) is 41.7 Å². The molecular weight excluding hydrogens is 280 g/mol. The van der Waals surface area contributed by atoms with Crippen LogP contribution in [-0.2, 0) is 4.79 Å². The van der Waals surface area contributed by atoms with E-state index in [1.807, 2.05) is 4.90 Å². The Morgan fingerprint density at radius 2 is 1.68 bits per heavy atom. The highest BCUT2D eigenvalue weighted by Gasteiger charge is 2.23. The molecule has 2 rings (SSSR count). The molecule has 1 heterocycles. The van der Waals surface area contributed by atoms with Gasteiger partial charge in [-0.2, -0.15) is 0 Å². The zero-order chi connectivity index (χ0) is 16.1. The summed E-state index contributed by atoms with van der Waals surface area (Å²) >= 11 is 0. The maximum absolute atomic E-state index is 12.3. The van der Waals surface area contributed by atoms with Gasteiger partial charge in [0.2, 0.25) is 5.91 Å². The number of carbonyl (C=O) groups excluding carboxylic acids is 2. The molecule has 0 bridgehead atoms. The van der Waals surface area contributed by atoms with Gasteiger partial charge < -0.3 is 16.0 Å². The molecular formula is C16H22N4O2. The van der Waals surface area contributed by atoms with Crippen molar-refractivity contribution in [1.82, 2.24) is 10.2 Å². The molecule has 1 unspecified atom stereocenters. The quantitative estimate of drug-likeness (QED) is 0.573. The third kappa shape index (κ3) is 3.84. The molecule has 0 aromatic heterocycles. The number of nitrogen functional groups attached to an aromatic ring is 1. The molecule has 1 aromatic rings. The molecule has 2 amide bonds. The Hall–Kier alpha value is -2.37. The van der Waals surface area contributed by atoms with Gasteiger partial charge in [-0.3, -0.25) is 15.0 Å². The number of carbonyl (C=O) groups is 2. The molecule has 6 nitrogen and oxygen atoms in total. The van der Waals surface area contributed by atoms with Crippen molar-refractivity contribution in [3.05, 3.63) is 35.4 Å². The second-order valence-electron chi connectivity index (χ2n) is 5.57. The summed E-state index contributed by atoms with van der Waals surface area (Å²) < 4.78 is 0. The standard InChI is InChI=1S/C16H22N4O2/c1-11(16(22)20-9-3-2-4-10-20)19-15(21)13-7-5-12(6-8-13)14(17)18/h5-8,11H,2-4,9-10H2,1H3,(H3,17,18)(H,19,21). The molecule has 1 atom stereocenters. The zero-order valence-electron chi connectivity index (χ0n) is 12.8. The van der Waals surface area contributed by atoms with Crippen LogP contribution in [0.5, 0.6) is 0 Å². The van der Waals surface area contributed by atoms with E-state index in [4.69, 9.17) is 11.1 Å². The Morgan fingerprint density at radius 1 is 1.14 bits per heavy atom. The summed E-state index contributed by atoms with van der Waals surface area (Å²) in [5.41, 5.74) is 6.39. The number of nitrogens with zero attached hydrogens (tertiary/aromatic N) is 1. The predicted molar refractivity (Wildman–Crippen MR) is 84.8 cm³/mol. The normalized spacial score (nSPS) is 16.0. The van der Waals surface area contributed by atoms with E-state index in [-0.39, 0.29) is 17.6 Å². The number of piperidine rings is 1. The third-order valence-corrected chi connectivity index (χ3v) is 3.84. The fourth-order valence-corrected chi connectivity index (χ4v) is 2.53. The van der Waals surface area contributed by atoms with Gasteiger partial charge in [-0.05, 0) is 38.3 Å². The van der Waals surface area contributed by atoms with Crippen molar-refractivity contribution in [2.75, 3.05) is 13.1 Å². The summed E-state index contributed by atoms with van der Waals surface area (Å²) in [6.07, 6.45) is 3.21. The van der Waals surface area contributed by atoms with E-state index in [2.05, 4.69) is 5.32 Å². The molecule has 1 fully saturated rings. The number of amidine groups is 1. The molecule has 4 N–H and O–H groups in total. The number of amides is 2. The maximum atomic E-state index is 12.3. The Morgan fingerprint density at radius 3 is 2.23 bits per heavy atom. The van der Waals surface area contributed by atoms with Gasteiger partial charge in [0.15, 0.2) is 0 Å². The van der Waals surface area contributed by atoms with Crippen molar-refractivity contribution in [3.8, 4) is 0 Å². The molecule has 1 aliphatic rings. The van der Waals surface area contributed by atoms with Crippen molar-refractivity contribution < 1.29 is 9.59 Å². The molecule has 1 aromatic carbocycles. The second-order valence-corrected chi connectivity index (χ2v) is 5.57. The fourth-order valence-electron chi connectivity index (χ4n) is 2.53. The summed E-state index contributed by atoms with van der Waals surface area (Å²) in [5.74, 6) is -0.373. The first-order valence-corrected chi connectivity index (χ1v) is 7.53. The van der Waals surface area contributed by atoms with Crippen molar-refractivity contribution >= 4 is 17.6 Å². The number of rotatable bonds is 4. The lowest BCUT2D eigenvalue weighted by atomic mass is 10.1. The minimum Gasteiger partial charge on any atom is -0.384 e. The summed E-state index contributed by atoms with van der Waals surface area (Å²) in [4.78, 5) is 26.2. The highest BCUT2D eigenvalue weighted by molar-refractivity contribution is 5.99. The van der Waals surface area contributed by atoms with Crippen LogP contribution in [0, 0.1) is 5.41 Å². The number of hydrogen-bond acceptors (Lipinski definition) is 3. The van der Waals surface area contributed by atoms with Gasteiger partial charge in [0.05, 0.1) is 0 Å². The van der Waals surface area contributed by atoms with Gasteiger partial charge in [0.25, 0.3) is 5.91 Å². The van der Waals surface area contributed by atoms with Crippen molar-refractivity contribution in [3.63, 3.8) is 0 Å². The van der Waals surface area contributed by atoms with Gasteiger partial charge >= 0.3 is 0 Å². The molecule has 0 spiro atoms. The van der Waals surface area contributed by atoms with Gasteiger partial charge in [0.1, 0.15) is 11.9 Å². The van der Waals surface area contributed by atoms with E-state index in [0.29, 0.717) is 11.1 Å². The lowest BCUT2D eigenvalue weighted by Gasteiger charge is -2.29. The van der Waals surface area contributed by atoms with Crippen molar-refractivity contribution in [1.29, 1.82) is 5.41 Å². The van der Waals surface area contributed by atoms with E-state index >= 15 is 0 Å². The number of nitrogens with two attached hydrogens (primary N) is 1. The Labute approximate surface area is 130 Å².